The molecular formula is C16H14N4O2. The van der Waals surface area contributed by atoms with Crippen LogP contribution in [-0.4, -0.2) is 20.5 Å². The normalized spacial score (nSPS) is 14.0. The molecule has 0 unspecified atom stereocenters. The lowest BCUT2D eigenvalue weighted by atomic mass is 10.3. The summed E-state index contributed by atoms with van der Waals surface area (Å²) in [5.41, 5.74) is 1.50. The lowest BCUT2D eigenvalue weighted by Crippen LogP contribution is -2.13. The Morgan fingerprint density at radius 3 is 3.05 bits per heavy atom. The summed E-state index contributed by atoms with van der Waals surface area (Å²) in [4.78, 5) is 15.9. The monoisotopic (exact) mass is 294 g/mol. The minimum absolute atomic E-state index is 0.0788. The van der Waals surface area contributed by atoms with Gasteiger partial charge in [0.25, 0.3) is 0 Å². The number of aromatic nitrogens is 3. The molecule has 0 saturated heterocycles. The van der Waals surface area contributed by atoms with E-state index in [0.717, 1.165) is 24.2 Å². The van der Waals surface area contributed by atoms with Crippen molar-refractivity contribution in [3.8, 4) is 11.6 Å². The predicted molar refractivity (Wildman–Crippen MR) is 80.9 cm³/mol. The van der Waals surface area contributed by atoms with E-state index in [-0.39, 0.29) is 11.8 Å². The van der Waals surface area contributed by atoms with Gasteiger partial charge in [-0.1, -0.05) is 6.07 Å². The summed E-state index contributed by atoms with van der Waals surface area (Å²) >= 11 is 0. The second-order valence-electron chi connectivity index (χ2n) is 5.29. The minimum Gasteiger partial charge on any atom is -0.438 e. The van der Waals surface area contributed by atoms with Crippen molar-refractivity contribution in [1.82, 2.24) is 14.6 Å². The molecular weight excluding hydrogens is 280 g/mol. The molecule has 3 aromatic rings. The lowest BCUT2D eigenvalue weighted by Gasteiger charge is -2.08. The second-order valence-corrected chi connectivity index (χ2v) is 5.29. The summed E-state index contributed by atoms with van der Waals surface area (Å²) in [6, 6.07) is 10.9. The maximum Gasteiger partial charge on any atom is 0.237 e. The first kappa shape index (κ1) is 12.8. The highest BCUT2D eigenvalue weighted by atomic mass is 16.5. The fourth-order valence-corrected chi connectivity index (χ4v) is 2.20. The molecule has 2 aromatic heterocycles. The lowest BCUT2D eigenvalue weighted by molar-refractivity contribution is -0.117. The van der Waals surface area contributed by atoms with Crippen molar-refractivity contribution >= 4 is 17.2 Å². The number of amides is 1. The van der Waals surface area contributed by atoms with Crippen LogP contribution < -0.4 is 10.1 Å². The molecule has 110 valence electrons. The van der Waals surface area contributed by atoms with E-state index in [1.54, 1.807) is 29.0 Å². The molecule has 0 aliphatic heterocycles. The Bertz CT molecular complexity index is 839. The number of benzene rings is 1. The van der Waals surface area contributed by atoms with Crippen molar-refractivity contribution in [2.75, 3.05) is 5.32 Å². The highest BCUT2D eigenvalue weighted by Crippen LogP contribution is 2.31. The fraction of sp³-hybridized carbons (Fsp3) is 0.188. The molecule has 0 spiro atoms. The van der Waals surface area contributed by atoms with Gasteiger partial charge in [-0.15, -0.1) is 5.10 Å². The zero-order valence-corrected chi connectivity index (χ0v) is 11.8. The molecule has 1 aliphatic carbocycles. The number of ether oxygens (including phenoxy) is 1. The molecule has 22 heavy (non-hydrogen) atoms. The van der Waals surface area contributed by atoms with Crippen LogP contribution in [0.5, 0.6) is 11.6 Å². The number of hydrogen-bond donors (Lipinski definition) is 1. The number of hydrogen-bond acceptors (Lipinski definition) is 4. The van der Waals surface area contributed by atoms with Crippen LogP contribution in [0.25, 0.3) is 5.65 Å². The third-order valence-corrected chi connectivity index (χ3v) is 3.50. The van der Waals surface area contributed by atoms with Crippen molar-refractivity contribution in [2.45, 2.75) is 12.8 Å². The van der Waals surface area contributed by atoms with Gasteiger partial charge in [-0.3, -0.25) is 4.79 Å². The largest absolute Gasteiger partial charge is 0.438 e. The van der Waals surface area contributed by atoms with Crippen LogP contribution in [0.1, 0.15) is 12.8 Å². The number of imidazole rings is 1. The summed E-state index contributed by atoms with van der Waals surface area (Å²) in [7, 11) is 0. The van der Waals surface area contributed by atoms with Gasteiger partial charge in [-0.05, 0) is 31.0 Å². The Balaban J connectivity index is 1.52. The van der Waals surface area contributed by atoms with E-state index in [1.165, 1.54) is 0 Å². The number of fused-ring (bicyclic) bond motifs is 1. The second kappa shape index (κ2) is 5.14. The highest BCUT2D eigenvalue weighted by Gasteiger charge is 2.29. The first-order valence-corrected chi connectivity index (χ1v) is 7.17. The molecule has 0 atom stereocenters. The first-order chi connectivity index (χ1) is 10.8. The summed E-state index contributed by atoms with van der Waals surface area (Å²) in [6.07, 6.45) is 5.41. The van der Waals surface area contributed by atoms with Gasteiger partial charge in [0, 0.05) is 36.1 Å². The smallest absolute Gasteiger partial charge is 0.237 e. The van der Waals surface area contributed by atoms with E-state index in [1.807, 2.05) is 24.3 Å². The van der Waals surface area contributed by atoms with E-state index in [2.05, 4.69) is 15.4 Å². The number of anilines is 1. The summed E-state index contributed by atoms with van der Waals surface area (Å²) in [5, 5.41) is 7.20. The summed E-state index contributed by atoms with van der Waals surface area (Å²) in [5.74, 6) is 1.35. The molecule has 4 rings (SSSR count). The van der Waals surface area contributed by atoms with E-state index in [4.69, 9.17) is 4.74 Å². The quantitative estimate of drug-likeness (QED) is 0.803. The zero-order valence-electron chi connectivity index (χ0n) is 11.8. The Kier molecular flexibility index (Phi) is 3.00. The fourth-order valence-electron chi connectivity index (χ4n) is 2.20. The molecule has 0 bridgehead atoms. The average Bonchev–Trinajstić information content (AvgIpc) is 3.26. The van der Waals surface area contributed by atoms with Crippen LogP contribution in [-0.2, 0) is 4.79 Å². The molecule has 1 saturated carbocycles. The van der Waals surface area contributed by atoms with Gasteiger partial charge < -0.3 is 10.1 Å². The standard InChI is InChI=1S/C16H14N4O2/c21-16(11-4-5-11)18-12-2-1-3-13(10-12)22-15-7-6-14-17-8-9-20(14)19-15/h1-3,6-11H,4-5H2,(H,18,21). The van der Waals surface area contributed by atoms with E-state index < -0.39 is 0 Å². The topological polar surface area (TPSA) is 68.5 Å². The van der Waals surface area contributed by atoms with Crippen LogP contribution >= 0.6 is 0 Å². The third kappa shape index (κ3) is 2.63. The van der Waals surface area contributed by atoms with Crippen molar-refractivity contribution in [1.29, 1.82) is 0 Å². The molecule has 1 aromatic carbocycles. The third-order valence-electron chi connectivity index (χ3n) is 3.50. The van der Waals surface area contributed by atoms with Crippen molar-refractivity contribution in [3.05, 3.63) is 48.8 Å². The molecule has 1 N–H and O–H groups in total. The average molecular weight is 294 g/mol. The van der Waals surface area contributed by atoms with E-state index in [0.29, 0.717) is 11.6 Å². The molecule has 6 nitrogen and oxygen atoms in total. The van der Waals surface area contributed by atoms with Gasteiger partial charge >= 0.3 is 0 Å². The number of carbonyl (C=O) groups excluding carboxylic acids is 1. The number of carbonyl (C=O) groups is 1. The number of rotatable bonds is 4. The van der Waals surface area contributed by atoms with Gasteiger partial charge in [0.05, 0.1) is 0 Å². The SMILES string of the molecule is O=C(Nc1cccc(Oc2ccc3nccn3n2)c1)C1CC1. The van der Waals surface area contributed by atoms with Gasteiger partial charge in [-0.25, -0.2) is 9.50 Å². The maximum atomic E-state index is 11.8. The molecule has 1 amide bonds. The van der Waals surface area contributed by atoms with Crippen molar-refractivity contribution in [3.63, 3.8) is 0 Å². The molecule has 1 fully saturated rings. The van der Waals surface area contributed by atoms with Crippen molar-refractivity contribution < 1.29 is 9.53 Å². The number of nitrogens with one attached hydrogen (secondary N) is 1. The van der Waals surface area contributed by atoms with Crippen LogP contribution in [0.4, 0.5) is 5.69 Å². The maximum absolute atomic E-state index is 11.8. The summed E-state index contributed by atoms with van der Waals surface area (Å²) in [6.45, 7) is 0. The Morgan fingerprint density at radius 1 is 1.27 bits per heavy atom. The van der Waals surface area contributed by atoms with Crippen LogP contribution in [0.15, 0.2) is 48.8 Å². The Morgan fingerprint density at radius 2 is 2.18 bits per heavy atom. The van der Waals surface area contributed by atoms with Gasteiger partial charge in [0.15, 0.2) is 5.65 Å². The molecule has 1 aliphatic rings. The Labute approximate surface area is 126 Å². The van der Waals surface area contributed by atoms with E-state index in [9.17, 15) is 4.79 Å². The van der Waals surface area contributed by atoms with Crippen LogP contribution in [0.3, 0.4) is 0 Å². The highest BCUT2D eigenvalue weighted by molar-refractivity contribution is 5.94. The predicted octanol–water partition coefficient (Wildman–Crippen LogP) is 2.87. The summed E-state index contributed by atoms with van der Waals surface area (Å²) < 4.78 is 7.39. The number of nitrogens with zero attached hydrogens (tertiary/aromatic N) is 3. The first-order valence-electron chi connectivity index (χ1n) is 7.17. The van der Waals surface area contributed by atoms with E-state index >= 15 is 0 Å². The van der Waals surface area contributed by atoms with Crippen LogP contribution in [0.2, 0.25) is 0 Å². The Hall–Kier alpha value is -2.89. The van der Waals surface area contributed by atoms with Crippen LogP contribution in [0, 0.1) is 5.92 Å². The minimum atomic E-state index is 0.0788. The molecule has 2 heterocycles. The van der Waals surface area contributed by atoms with Gasteiger partial charge in [0.2, 0.25) is 11.8 Å². The molecule has 0 radical (unpaired) electrons. The zero-order chi connectivity index (χ0) is 14.9. The van der Waals surface area contributed by atoms with Gasteiger partial charge in [0.1, 0.15) is 5.75 Å². The van der Waals surface area contributed by atoms with Crippen molar-refractivity contribution in [2.24, 2.45) is 5.92 Å². The van der Waals surface area contributed by atoms with Gasteiger partial charge in [-0.2, -0.15) is 0 Å². The molecule has 6 heteroatoms.